The van der Waals surface area contributed by atoms with E-state index in [1.54, 1.807) is 43.5 Å². The average Bonchev–Trinajstić information content (AvgIpc) is 2.74. The van der Waals surface area contributed by atoms with Gasteiger partial charge in [0.05, 0.1) is 22.7 Å². The lowest BCUT2D eigenvalue weighted by molar-refractivity contribution is -0.111. The summed E-state index contributed by atoms with van der Waals surface area (Å²) in [4.78, 5) is 12.2. The molecule has 0 aliphatic carbocycles. The average molecular weight is 443 g/mol. The Kier molecular flexibility index (Phi) is 6.76. The third-order valence-corrected chi connectivity index (χ3v) is 5.78. The molecule has 0 fully saturated rings. The number of hydrogen-bond acceptors (Lipinski definition) is 4. The van der Waals surface area contributed by atoms with Crippen LogP contribution in [0, 0.1) is 0 Å². The second-order valence-electron chi connectivity index (χ2n) is 6.21. The minimum Gasteiger partial charge on any atom is -0.497 e. The maximum absolute atomic E-state index is 12.5. The van der Waals surface area contributed by atoms with Gasteiger partial charge in [-0.15, -0.1) is 0 Å². The Labute approximate surface area is 180 Å². The van der Waals surface area contributed by atoms with E-state index in [1.807, 2.05) is 18.2 Å². The monoisotopic (exact) mass is 442 g/mol. The van der Waals surface area contributed by atoms with Crippen molar-refractivity contribution in [3.8, 4) is 5.75 Å². The standard InChI is InChI=1S/C22H19ClN2O4S/c1-29-18-6-4-5-16(15-18)9-14-22(26)24-17-10-12-19(13-11-17)30(27,28)25-21-8-3-2-7-20(21)23/h2-15,25H,1H3,(H,24,26). The van der Waals surface area contributed by atoms with Crippen molar-refractivity contribution in [2.75, 3.05) is 17.1 Å². The Morgan fingerprint density at radius 3 is 2.43 bits per heavy atom. The minimum absolute atomic E-state index is 0.0485. The van der Waals surface area contributed by atoms with Crippen LogP contribution in [0.3, 0.4) is 0 Å². The summed E-state index contributed by atoms with van der Waals surface area (Å²) in [6.45, 7) is 0. The smallest absolute Gasteiger partial charge is 0.261 e. The van der Waals surface area contributed by atoms with E-state index in [-0.39, 0.29) is 10.8 Å². The predicted octanol–water partition coefficient (Wildman–Crippen LogP) is 4.80. The van der Waals surface area contributed by atoms with E-state index in [9.17, 15) is 13.2 Å². The van der Waals surface area contributed by atoms with Crippen LogP contribution in [0.15, 0.2) is 83.8 Å². The van der Waals surface area contributed by atoms with Gasteiger partial charge in [0.15, 0.2) is 0 Å². The van der Waals surface area contributed by atoms with Gasteiger partial charge in [0, 0.05) is 11.8 Å². The van der Waals surface area contributed by atoms with Crippen molar-refractivity contribution in [1.82, 2.24) is 0 Å². The summed E-state index contributed by atoms with van der Waals surface area (Å²) in [5.41, 5.74) is 1.57. The van der Waals surface area contributed by atoms with E-state index in [1.165, 1.54) is 30.3 Å². The maximum atomic E-state index is 12.5. The van der Waals surface area contributed by atoms with Crippen LogP contribution in [-0.2, 0) is 14.8 Å². The quantitative estimate of drug-likeness (QED) is 0.514. The molecule has 0 aliphatic rings. The highest BCUT2D eigenvalue weighted by Gasteiger charge is 2.15. The van der Waals surface area contributed by atoms with Crippen molar-refractivity contribution in [1.29, 1.82) is 0 Å². The molecule has 3 rings (SSSR count). The van der Waals surface area contributed by atoms with Gasteiger partial charge in [0.2, 0.25) is 5.91 Å². The van der Waals surface area contributed by atoms with Crippen LogP contribution in [0.4, 0.5) is 11.4 Å². The van der Waals surface area contributed by atoms with E-state index in [2.05, 4.69) is 10.0 Å². The number of amides is 1. The van der Waals surface area contributed by atoms with E-state index in [0.29, 0.717) is 22.1 Å². The number of rotatable bonds is 7. The molecule has 0 heterocycles. The van der Waals surface area contributed by atoms with Gasteiger partial charge in [-0.2, -0.15) is 0 Å². The van der Waals surface area contributed by atoms with Gasteiger partial charge < -0.3 is 10.1 Å². The topological polar surface area (TPSA) is 84.5 Å². The van der Waals surface area contributed by atoms with Gasteiger partial charge in [-0.1, -0.05) is 35.9 Å². The molecule has 3 aromatic rings. The zero-order valence-electron chi connectivity index (χ0n) is 16.0. The Morgan fingerprint density at radius 2 is 1.73 bits per heavy atom. The van der Waals surface area contributed by atoms with Gasteiger partial charge in [0.25, 0.3) is 10.0 Å². The lowest BCUT2D eigenvalue weighted by atomic mass is 10.2. The summed E-state index contributed by atoms with van der Waals surface area (Å²) in [6.07, 6.45) is 3.04. The molecule has 154 valence electrons. The second kappa shape index (κ2) is 9.47. The predicted molar refractivity (Wildman–Crippen MR) is 119 cm³/mol. The van der Waals surface area contributed by atoms with E-state index >= 15 is 0 Å². The highest BCUT2D eigenvalue weighted by molar-refractivity contribution is 7.92. The molecule has 0 atom stereocenters. The van der Waals surface area contributed by atoms with E-state index in [0.717, 1.165) is 5.56 Å². The van der Waals surface area contributed by atoms with Crippen LogP contribution >= 0.6 is 11.6 Å². The number of para-hydroxylation sites is 1. The molecule has 1 amide bonds. The number of halogens is 1. The molecule has 0 unspecified atom stereocenters. The first-order valence-electron chi connectivity index (χ1n) is 8.88. The normalized spacial score (nSPS) is 11.3. The fourth-order valence-corrected chi connectivity index (χ4v) is 3.88. The fourth-order valence-electron chi connectivity index (χ4n) is 2.57. The van der Waals surface area contributed by atoms with Gasteiger partial charge >= 0.3 is 0 Å². The SMILES string of the molecule is COc1cccc(C=CC(=O)Nc2ccc(S(=O)(=O)Nc3ccccc3Cl)cc2)c1. The number of anilines is 2. The highest BCUT2D eigenvalue weighted by atomic mass is 35.5. The molecule has 0 saturated heterocycles. The molecule has 0 bridgehead atoms. The Balaban J connectivity index is 1.65. The second-order valence-corrected chi connectivity index (χ2v) is 8.30. The zero-order chi connectivity index (χ0) is 21.6. The zero-order valence-corrected chi connectivity index (χ0v) is 17.6. The molecule has 0 spiro atoms. The van der Waals surface area contributed by atoms with Gasteiger partial charge in [-0.3, -0.25) is 9.52 Å². The third kappa shape index (κ3) is 5.62. The first kappa shape index (κ1) is 21.4. The molecular weight excluding hydrogens is 424 g/mol. The van der Waals surface area contributed by atoms with Crippen LogP contribution in [-0.4, -0.2) is 21.4 Å². The minimum atomic E-state index is -3.81. The summed E-state index contributed by atoms with van der Waals surface area (Å²) in [5, 5.41) is 2.98. The molecule has 0 saturated carbocycles. The van der Waals surface area contributed by atoms with Crippen LogP contribution in [0.25, 0.3) is 6.08 Å². The summed E-state index contributed by atoms with van der Waals surface area (Å²) >= 11 is 6.00. The fraction of sp³-hybridized carbons (Fsp3) is 0.0455. The number of methoxy groups -OCH3 is 1. The number of ether oxygens (including phenoxy) is 1. The lowest BCUT2D eigenvalue weighted by Gasteiger charge is -2.10. The van der Waals surface area contributed by atoms with E-state index in [4.69, 9.17) is 16.3 Å². The maximum Gasteiger partial charge on any atom is 0.261 e. The number of nitrogens with one attached hydrogen (secondary N) is 2. The molecule has 3 aromatic carbocycles. The summed E-state index contributed by atoms with van der Waals surface area (Å²) in [6, 6.07) is 19.7. The first-order valence-corrected chi connectivity index (χ1v) is 10.7. The summed E-state index contributed by atoms with van der Waals surface area (Å²) in [7, 11) is -2.23. The van der Waals surface area contributed by atoms with Crippen LogP contribution in [0.5, 0.6) is 5.75 Å². The number of sulfonamides is 1. The summed E-state index contributed by atoms with van der Waals surface area (Å²) in [5.74, 6) is 0.349. The molecule has 0 aromatic heterocycles. The van der Waals surface area contributed by atoms with Crippen molar-refractivity contribution in [2.45, 2.75) is 4.90 Å². The van der Waals surface area contributed by atoms with Crippen molar-refractivity contribution >= 4 is 45.0 Å². The van der Waals surface area contributed by atoms with E-state index < -0.39 is 10.0 Å². The Bertz CT molecular complexity index is 1180. The molecule has 0 aliphatic heterocycles. The Hall–Kier alpha value is -3.29. The largest absolute Gasteiger partial charge is 0.497 e. The number of carbonyl (C=O) groups excluding carboxylic acids is 1. The van der Waals surface area contributed by atoms with Gasteiger partial charge in [-0.25, -0.2) is 8.42 Å². The van der Waals surface area contributed by atoms with Crippen LogP contribution in [0.1, 0.15) is 5.56 Å². The van der Waals surface area contributed by atoms with Crippen molar-refractivity contribution in [3.05, 3.63) is 89.5 Å². The molecule has 0 radical (unpaired) electrons. The number of hydrogen-bond donors (Lipinski definition) is 2. The summed E-state index contributed by atoms with van der Waals surface area (Å²) < 4.78 is 32.6. The van der Waals surface area contributed by atoms with Crippen LogP contribution in [0.2, 0.25) is 5.02 Å². The molecular formula is C22H19ClN2O4S. The lowest BCUT2D eigenvalue weighted by Crippen LogP contribution is -2.13. The molecule has 2 N–H and O–H groups in total. The molecule has 6 nitrogen and oxygen atoms in total. The number of carbonyl (C=O) groups is 1. The first-order chi connectivity index (χ1) is 14.4. The molecule has 8 heteroatoms. The molecule has 30 heavy (non-hydrogen) atoms. The third-order valence-electron chi connectivity index (χ3n) is 4.07. The van der Waals surface area contributed by atoms with Crippen LogP contribution < -0.4 is 14.8 Å². The highest BCUT2D eigenvalue weighted by Crippen LogP contribution is 2.24. The van der Waals surface area contributed by atoms with Crippen molar-refractivity contribution in [3.63, 3.8) is 0 Å². The van der Waals surface area contributed by atoms with Crippen molar-refractivity contribution in [2.24, 2.45) is 0 Å². The Morgan fingerprint density at radius 1 is 1.00 bits per heavy atom. The van der Waals surface area contributed by atoms with Crippen molar-refractivity contribution < 1.29 is 17.9 Å². The van der Waals surface area contributed by atoms with Gasteiger partial charge in [0.1, 0.15) is 5.75 Å². The number of benzene rings is 3. The van der Waals surface area contributed by atoms with Gasteiger partial charge in [-0.05, 0) is 60.2 Å².